The van der Waals surface area contributed by atoms with E-state index in [9.17, 15) is 5.26 Å². The molecule has 112 valence electrons. The molecule has 0 heterocycles. The van der Waals surface area contributed by atoms with Gasteiger partial charge in [-0.1, -0.05) is 36.8 Å². The number of benzene rings is 1. The second-order valence-electron chi connectivity index (χ2n) is 6.80. The third-order valence-electron chi connectivity index (χ3n) is 4.79. The van der Waals surface area contributed by atoms with E-state index < -0.39 is 5.54 Å². The number of hydrogen-bond acceptors (Lipinski definition) is 3. The Morgan fingerprint density at radius 1 is 1.24 bits per heavy atom. The SMILES string of the molecule is CN(CC1CCC1)CC(C#N)(NC1CC1)c1ccccc1. The predicted octanol–water partition coefficient (Wildman–Crippen LogP) is 2.89. The third kappa shape index (κ3) is 3.45. The second-order valence-corrected chi connectivity index (χ2v) is 6.80. The van der Waals surface area contributed by atoms with E-state index in [0.29, 0.717) is 6.04 Å². The van der Waals surface area contributed by atoms with Crippen LogP contribution >= 0.6 is 0 Å². The molecule has 2 aliphatic carbocycles. The van der Waals surface area contributed by atoms with E-state index >= 15 is 0 Å². The quantitative estimate of drug-likeness (QED) is 0.836. The molecule has 0 bridgehead atoms. The van der Waals surface area contributed by atoms with Gasteiger partial charge in [0.25, 0.3) is 0 Å². The van der Waals surface area contributed by atoms with Crippen LogP contribution in [-0.2, 0) is 5.54 Å². The molecule has 2 saturated carbocycles. The van der Waals surface area contributed by atoms with E-state index in [1.807, 2.05) is 18.2 Å². The van der Waals surface area contributed by atoms with Crippen LogP contribution in [0.3, 0.4) is 0 Å². The lowest BCUT2D eigenvalue weighted by Gasteiger charge is -2.36. The Bertz CT molecular complexity index is 499. The van der Waals surface area contributed by atoms with Crippen LogP contribution in [0.25, 0.3) is 0 Å². The molecule has 1 unspecified atom stereocenters. The molecule has 21 heavy (non-hydrogen) atoms. The molecule has 0 radical (unpaired) electrons. The Labute approximate surface area is 128 Å². The highest BCUT2D eigenvalue weighted by atomic mass is 15.2. The van der Waals surface area contributed by atoms with E-state index in [0.717, 1.165) is 24.6 Å². The van der Waals surface area contributed by atoms with E-state index in [4.69, 9.17) is 0 Å². The lowest BCUT2D eigenvalue weighted by atomic mass is 9.84. The maximum absolute atomic E-state index is 9.92. The van der Waals surface area contributed by atoms with Crippen molar-refractivity contribution in [3.8, 4) is 6.07 Å². The lowest BCUT2D eigenvalue weighted by Crippen LogP contribution is -2.51. The first-order chi connectivity index (χ1) is 10.2. The molecular formula is C18H25N3. The minimum atomic E-state index is -0.569. The van der Waals surface area contributed by atoms with Gasteiger partial charge < -0.3 is 4.90 Å². The molecule has 1 aromatic rings. The summed E-state index contributed by atoms with van der Waals surface area (Å²) < 4.78 is 0. The van der Waals surface area contributed by atoms with Crippen LogP contribution in [-0.4, -0.2) is 31.1 Å². The van der Waals surface area contributed by atoms with Gasteiger partial charge in [0.15, 0.2) is 0 Å². The highest BCUT2D eigenvalue weighted by Gasteiger charge is 2.39. The van der Waals surface area contributed by atoms with Gasteiger partial charge in [0.05, 0.1) is 6.07 Å². The Balaban J connectivity index is 1.75. The van der Waals surface area contributed by atoms with Crippen molar-refractivity contribution in [2.24, 2.45) is 5.92 Å². The second kappa shape index (κ2) is 6.17. The minimum absolute atomic E-state index is 0.516. The fourth-order valence-electron chi connectivity index (χ4n) is 3.24. The number of hydrogen-bond donors (Lipinski definition) is 1. The molecule has 0 spiro atoms. The van der Waals surface area contributed by atoms with Gasteiger partial charge in [-0.15, -0.1) is 0 Å². The molecule has 3 nitrogen and oxygen atoms in total. The lowest BCUT2D eigenvalue weighted by molar-refractivity contribution is 0.174. The summed E-state index contributed by atoms with van der Waals surface area (Å²) in [5.41, 5.74) is 0.529. The molecule has 1 N–H and O–H groups in total. The largest absolute Gasteiger partial charge is 0.303 e. The van der Waals surface area contributed by atoms with Crippen molar-refractivity contribution in [2.75, 3.05) is 20.1 Å². The number of nitrogens with one attached hydrogen (secondary N) is 1. The first-order valence-corrected chi connectivity index (χ1v) is 8.15. The molecule has 2 fully saturated rings. The number of likely N-dealkylation sites (N-methyl/N-ethyl adjacent to an activating group) is 1. The molecule has 0 aliphatic heterocycles. The normalized spacial score (nSPS) is 21.6. The zero-order chi connectivity index (χ0) is 14.7. The van der Waals surface area contributed by atoms with E-state index in [1.54, 1.807) is 0 Å². The minimum Gasteiger partial charge on any atom is -0.303 e. The van der Waals surface area contributed by atoms with Gasteiger partial charge in [-0.05, 0) is 44.2 Å². The Morgan fingerprint density at radius 3 is 2.48 bits per heavy atom. The molecule has 0 amide bonds. The molecule has 2 aliphatic rings. The summed E-state index contributed by atoms with van der Waals surface area (Å²) in [6.07, 6.45) is 6.47. The molecule has 0 saturated heterocycles. The van der Waals surface area contributed by atoms with Crippen LogP contribution in [0.15, 0.2) is 30.3 Å². The smallest absolute Gasteiger partial charge is 0.145 e. The van der Waals surface area contributed by atoms with Crippen LogP contribution < -0.4 is 5.32 Å². The van der Waals surface area contributed by atoms with Crippen LogP contribution in [0.5, 0.6) is 0 Å². The van der Waals surface area contributed by atoms with E-state index in [1.165, 1.54) is 32.1 Å². The zero-order valence-electron chi connectivity index (χ0n) is 12.9. The molecule has 1 atom stereocenters. The molecule has 3 heteroatoms. The summed E-state index contributed by atoms with van der Waals surface area (Å²) >= 11 is 0. The van der Waals surface area contributed by atoms with Crippen LogP contribution in [0.4, 0.5) is 0 Å². The Morgan fingerprint density at radius 2 is 1.95 bits per heavy atom. The van der Waals surface area contributed by atoms with Gasteiger partial charge in [-0.3, -0.25) is 5.32 Å². The van der Waals surface area contributed by atoms with Gasteiger partial charge in [0.2, 0.25) is 0 Å². The van der Waals surface area contributed by atoms with Crippen LogP contribution in [0.1, 0.15) is 37.7 Å². The first-order valence-electron chi connectivity index (χ1n) is 8.15. The predicted molar refractivity (Wildman–Crippen MR) is 84.7 cm³/mol. The van der Waals surface area contributed by atoms with Crippen molar-refractivity contribution in [3.05, 3.63) is 35.9 Å². The van der Waals surface area contributed by atoms with Crippen molar-refractivity contribution < 1.29 is 0 Å². The summed E-state index contributed by atoms with van der Waals surface area (Å²) in [7, 11) is 2.15. The van der Waals surface area contributed by atoms with Crippen molar-refractivity contribution >= 4 is 0 Å². The average molecular weight is 283 g/mol. The van der Waals surface area contributed by atoms with Gasteiger partial charge in [-0.2, -0.15) is 5.26 Å². The zero-order valence-corrected chi connectivity index (χ0v) is 12.9. The topological polar surface area (TPSA) is 39.1 Å². The van der Waals surface area contributed by atoms with Crippen molar-refractivity contribution in [2.45, 2.75) is 43.7 Å². The van der Waals surface area contributed by atoms with Gasteiger partial charge >= 0.3 is 0 Å². The van der Waals surface area contributed by atoms with Crippen molar-refractivity contribution in [1.82, 2.24) is 10.2 Å². The third-order valence-corrected chi connectivity index (χ3v) is 4.79. The van der Waals surface area contributed by atoms with E-state index in [-0.39, 0.29) is 0 Å². The number of rotatable bonds is 7. The van der Waals surface area contributed by atoms with E-state index in [2.05, 4.69) is 35.5 Å². The number of nitrogens with zero attached hydrogens (tertiary/aromatic N) is 2. The van der Waals surface area contributed by atoms with Crippen LogP contribution in [0.2, 0.25) is 0 Å². The molecule has 3 rings (SSSR count). The standard InChI is InChI=1S/C18H25N3/c1-21(12-15-6-5-7-15)14-18(13-19,20-17-10-11-17)16-8-3-2-4-9-16/h2-4,8-9,15,17,20H,5-7,10-12,14H2,1H3. The maximum Gasteiger partial charge on any atom is 0.145 e. The highest BCUT2D eigenvalue weighted by Crippen LogP contribution is 2.31. The van der Waals surface area contributed by atoms with Crippen LogP contribution in [0, 0.1) is 17.2 Å². The fourth-order valence-corrected chi connectivity index (χ4v) is 3.24. The fraction of sp³-hybridized carbons (Fsp3) is 0.611. The summed E-state index contributed by atoms with van der Waals surface area (Å²) in [4.78, 5) is 2.34. The Kier molecular flexibility index (Phi) is 4.28. The summed E-state index contributed by atoms with van der Waals surface area (Å²) in [5, 5.41) is 13.5. The molecule has 0 aromatic heterocycles. The number of nitriles is 1. The summed E-state index contributed by atoms with van der Waals surface area (Å²) in [6.45, 7) is 1.88. The van der Waals surface area contributed by atoms with Crippen molar-refractivity contribution in [3.63, 3.8) is 0 Å². The summed E-state index contributed by atoms with van der Waals surface area (Å²) in [6, 6.07) is 13.3. The average Bonchev–Trinajstić information content (AvgIpc) is 3.27. The first kappa shape index (κ1) is 14.6. The maximum atomic E-state index is 9.92. The monoisotopic (exact) mass is 283 g/mol. The molecule has 1 aromatic carbocycles. The van der Waals surface area contributed by atoms with Gasteiger partial charge in [0, 0.05) is 19.1 Å². The Hall–Kier alpha value is -1.37. The summed E-state index contributed by atoms with van der Waals surface area (Å²) in [5.74, 6) is 0.836. The highest BCUT2D eigenvalue weighted by molar-refractivity contribution is 5.32. The van der Waals surface area contributed by atoms with Gasteiger partial charge in [0.1, 0.15) is 5.54 Å². The van der Waals surface area contributed by atoms with Crippen molar-refractivity contribution in [1.29, 1.82) is 5.26 Å². The molecular weight excluding hydrogens is 258 g/mol. The van der Waals surface area contributed by atoms with Gasteiger partial charge in [-0.25, -0.2) is 0 Å².